The average molecular weight is 421 g/mol. The van der Waals surface area contributed by atoms with Crippen LogP contribution in [0.4, 0.5) is 17.1 Å². The topological polar surface area (TPSA) is 15.3 Å². The number of nitrogens with zero attached hydrogens (tertiary/aromatic N) is 1. The van der Waals surface area contributed by atoms with Gasteiger partial charge < -0.3 is 10.2 Å². The van der Waals surface area contributed by atoms with Gasteiger partial charge in [0.25, 0.3) is 0 Å². The van der Waals surface area contributed by atoms with Crippen LogP contribution in [0.15, 0.2) is 115 Å². The van der Waals surface area contributed by atoms with Crippen molar-refractivity contribution in [2.24, 2.45) is 0 Å². The molecule has 162 valence electrons. The normalized spacial score (nSPS) is 11.8. The van der Waals surface area contributed by atoms with E-state index in [-0.39, 0.29) is 11.1 Å². The molecule has 4 aromatic carbocycles. The first-order valence-electron chi connectivity index (χ1n) is 11.2. The molecule has 0 radical (unpaired) electrons. The van der Waals surface area contributed by atoms with E-state index < -0.39 is 0 Å². The van der Waals surface area contributed by atoms with Crippen LogP contribution < -0.4 is 10.2 Å². The molecule has 0 amide bonds. The molecule has 0 heterocycles. The molecule has 0 saturated heterocycles. The van der Waals surface area contributed by atoms with Crippen LogP contribution in [-0.4, -0.2) is 0 Å². The third-order valence-electron chi connectivity index (χ3n) is 6.13. The van der Waals surface area contributed by atoms with E-state index in [2.05, 4.69) is 153 Å². The second-order valence-electron chi connectivity index (χ2n) is 9.26. The predicted molar refractivity (Wildman–Crippen MR) is 138 cm³/mol. The lowest BCUT2D eigenvalue weighted by atomic mass is 9.90. The summed E-state index contributed by atoms with van der Waals surface area (Å²) >= 11 is 0. The van der Waals surface area contributed by atoms with Crippen LogP contribution >= 0.6 is 0 Å². The summed E-state index contributed by atoms with van der Waals surface area (Å²) in [6.45, 7) is 8.99. The SMILES string of the molecule is CC(C)(Nc1ccc(C(C)(C)N(c2ccccc2)c2ccccc2)cc1)c1ccccc1. The number of nitrogens with one attached hydrogen (secondary N) is 1. The number of hydrogen-bond donors (Lipinski definition) is 1. The highest BCUT2D eigenvalue weighted by Gasteiger charge is 2.30. The number of rotatable bonds is 7. The number of anilines is 3. The highest BCUT2D eigenvalue weighted by Crippen LogP contribution is 2.39. The van der Waals surface area contributed by atoms with Crippen molar-refractivity contribution in [2.45, 2.75) is 38.8 Å². The molecule has 0 bridgehead atoms. The molecule has 32 heavy (non-hydrogen) atoms. The zero-order chi connectivity index (χ0) is 22.6. The van der Waals surface area contributed by atoms with Crippen molar-refractivity contribution >= 4 is 17.1 Å². The Morgan fingerprint density at radius 3 is 1.41 bits per heavy atom. The molecule has 0 spiro atoms. The Labute approximate surface area is 192 Å². The van der Waals surface area contributed by atoms with Crippen molar-refractivity contribution in [3.05, 3.63) is 126 Å². The van der Waals surface area contributed by atoms with Crippen LogP contribution in [0.3, 0.4) is 0 Å². The van der Waals surface area contributed by atoms with E-state index >= 15 is 0 Å². The molecular formula is C30H32N2. The molecule has 0 atom stereocenters. The summed E-state index contributed by atoms with van der Waals surface area (Å²) in [5.41, 5.74) is 5.60. The van der Waals surface area contributed by atoms with Gasteiger partial charge in [-0.05, 0) is 75.2 Å². The first-order valence-corrected chi connectivity index (χ1v) is 11.2. The average Bonchev–Trinajstić information content (AvgIpc) is 2.81. The van der Waals surface area contributed by atoms with Crippen LogP contribution in [0.2, 0.25) is 0 Å². The second-order valence-corrected chi connectivity index (χ2v) is 9.26. The van der Waals surface area contributed by atoms with E-state index in [0.29, 0.717) is 0 Å². The van der Waals surface area contributed by atoms with Gasteiger partial charge in [0.1, 0.15) is 0 Å². The fourth-order valence-corrected chi connectivity index (χ4v) is 4.33. The van der Waals surface area contributed by atoms with Gasteiger partial charge in [0.2, 0.25) is 0 Å². The van der Waals surface area contributed by atoms with E-state index in [1.165, 1.54) is 22.5 Å². The van der Waals surface area contributed by atoms with E-state index in [9.17, 15) is 0 Å². The molecule has 4 rings (SSSR count). The van der Waals surface area contributed by atoms with Crippen LogP contribution in [-0.2, 0) is 11.1 Å². The fourth-order valence-electron chi connectivity index (χ4n) is 4.33. The molecule has 0 aromatic heterocycles. The van der Waals surface area contributed by atoms with Gasteiger partial charge in [0.05, 0.1) is 11.1 Å². The van der Waals surface area contributed by atoms with E-state index in [1.54, 1.807) is 0 Å². The summed E-state index contributed by atoms with van der Waals surface area (Å²) < 4.78 is 0. The molecule has 0 unspecified atom stereocenters. The molecule has 0 aliphatic carbocycles. The van der Waals surface area contributed by atoms with E-state index in [1.807, 2.05) is 0 Å². The van der Waals surface area contributed by atoms with Gasteiger partial charge in [-0.1, -0.05) is 78.9 Å². The van der Waals surface area contributed by atoms with Gasteiger partial charge in [-0.3, -0.25) is 0 Å². The van der Waals surface area contributed by atoms with Crippen LogP contribution in [0.25, 0.3) is 0 Å². The van der Waals surface area contributed by atoms with E-state index in [0.717, 1.165) is 5.69 Å². The Kier molecular flexibility index (Phi) is 6.05. The Balaban J connectivity index is 1.64. The van der Waals surface area contributed by atoms with Crippen molar-refractivity contribution in [3.8, 4) is 0 Å². The summed E-state index contributed by atoms with van der Waals surface area (Å²) in [5.74, 6) is 0. The van der Waals surface area contributed by atoms with Gasteiger partial charge >= 0.3 is 0 Å². The highest BCUT2D eigenvalue weighted by molar-refractivity contribution is 5.67. The quantitative estimate of drug-likeness (QED) is 0.325. The third kappa shape index (κ3) is 4.55. The Morgan fingerprint density at radius 1 is 0.500 bits per heavy atom. The molecule has 0 saturated carbocycles. The standard InChI is InChI=1S/C30H32N2/c1-29(2,24-14-8-5-9-15-24)31-26-22-20-25(21-23-26)30(3,4)32(27-16-10-6-11-17-27)28-18-12-7-13-19-28/h5-23,31H,1-4H3. The lowest BCUT2D eigenvalue weighted by molar-refractivity contribution is 0.535. The minimum atomic E-state index is -0.240. The van der Waals surface area contributed by atoms with Crippen molar-refractivity contribution in [3.63, 3.8) is 0 Å². The Bertz CT molecular complexity index is 1080. The fraction of sp³-hybridized carbons (Fsp3) is 0.200. The summed E-state index contributed by atoms with van der Waals surface area (Å²) in [6, 6.07) is 40.6. The third-order valence-corrected chi connectivity index (χ3v) is 6.13. The molecule has 1 N–H and O–H groups in total. The molecule has 0 fully saturated rings. The largest absolute Gasteiger partial charge is 0.376 e. The van der Waals surface area contributed by atoms with Crippen LogP contribution in [0.5, 0.6) is 0 Å². The van der Waals surface area contributed by atoms with Crippen molar-refractivity contribution in [2.75, 3.05) is 10.2 Å². The lowest BCUT2D eigenvalue weighted by Crippen LogP contribution is -2.38. The maximum atomic E-state index is 3.69. The molecule has 0 aliphatic heterocycles. The lowest BCUT2D eigenvalue weighted by Gasteiger charge is -2.41. The van der Waals surface area contributed by atoms with E-state index in [4.69, 9.17) is 0 Å². The van der Waals surface area contributed by atoms with Gasteiger partial charge in [-0.15, -0.1) is 0 Å². The maximum Gasteiger partial charge on any atom is 0.0646 e. The Hall–Kier alpha value is -3.52. The summed E-state index contributed by atoms with van der Waals surface area (Å²) in [6.07, 6.45) is 0. The molecule has 0 aliphatic rings. The first-order chi connectivity index (χ1) is 15.4. The van der Waals surface area contributed by atoms with Gasteiger partial charge in [0, 0.05) is 17.1 Å². The van der Waals surface area contributed by atoms with Crippen molar-refractivity contribution in [1.29, 1.82) is 0 Å². The summed E-state index contributed by atoms with van der Waals surface area (Å²) in [5, 5.41) is 3.69. The molecule has 4 aromatic rings. The Morgan fingerprint density at radius 2 is 0.938 bits per heavy atom. The summed E-state index contributed by atoms with van der Waals surface area (Å²) in [4.78, 5) is 2.41. The zero-order valence-corrected chi connectivity index (χ0v) is 19.4. The predicted octanol–water partition coefficient (Wildman–Crippen LogP) is 8.11. The first kappa shape index (κ1) is 21.7. The van der Waals surface area contributed by atoms with Crippen LogP contribution in [0, 0.1) is 0 Å². The zero-order valence-electron chi connectivity index (χ0n) is 19.4. The molecule has 2 heteroatoms. The van der Waals surface area contributed by atoms with Crippen molar-refractivity contribution in [1.82, 2.24) is 0 Å². The molecular weight excluding hydrogens is 388 g/mol. The minimum absolute atomic E-state index is 0.154. The van der Waals surface area contributed by atoms with Gasteiger partial charge in [0.15, 0.2) is 0 Å². The summed E-state index contributed by atoms with van der Waals surface area (Å²) in [7, 11) is 0. The second kappa shape index (κ2) is 8.92. The smallest absolute Gasteiger partial charge is 0.0646 e. The number of para-hydroxylation sites is 2. The highest BCUT2D eigenvalue weighted by atomic mass is 15.2. The van der Waals surface area contributed by atoms with Crippen molar-refractivity contribution < 1.29 is 0 Å². The monoisotopic (exact) mass is 420 g/mol. The van der Waals surface area contributed by atoms with Gasteiger partial charge in [-0.2, -0.15) is 0 Å². The number of benzene rings is 4. The molecule has 2 nitrogen and oxygen atoms in total. The van der Waals surface area contributed by atoms with Gasteiger partial charge in [-0.25, -0.2) is 0 Å². The maximum absolute atomic E-state index is 3.69. The van der Waals surface area contributed by atoms with Crippen LogP contribution in [0.1, 0.15) is 38.8 Å². The minimum Gasteiger partial charge on any atom is -0.376 e. The number of hydrogen-bond acceptors (Lipinski definition) is 2.